The Bertz CT molecular complexity index is 418. The van der Waals surface area contributed by atoms with E-state index in [1.54, 1.807) is 21.3 Å². The van der Waals surface area contributed by atoms with Crippen LogP contribution in [0, 0.1) is 0 Å². The van der Waals surface area contributed by atoms with Crippen molar-refractivity contribution in [2.75, 3.05) is 21.3 Å². The van der Waals surface area contributed by atoms with Crippen LogP contribution < -0.4 is 0 Å². The molecule has 0 unspecified atom stereocenters. The van der Waals surface area contributed by atoms with Gasteiger partial charge in [0.05, 0.1) is 0 Å². The molecule has 0 aromatic heterocycles. The van der Waals surface area contributed by atoms with E-state index in [0.29, 0.717) is 0 Å². The molecule has 1 aromatic carbocycles. The lowest BCUT2D eigenvalue weighted by molar-refractivity contribution is 0.123. The Hall–Kier alpha value is 0.367. The lowest BCUT2D eigenvalue weighted by atomic mass is 10.1. The van der Waals surface area contributed by atoms with E-state index in [1.165, 1.54) is 15.4 Å². The van der Waals surface area contributed by atoms with E-state index in [1.807, 2.05) is 31.4 Å². The van der Waals surface area contributed by atoms with Gasteiger partial charge in [0.1, 0.15) is 0 Å². The fraction of sp³-hybridized carbons (Fsp3) is 0.500. The normalized spacial score (nSPS) is 14.7. The highest BCUT2D eigenvalue weighted by Gasteiger charge is 2.36. The van der Waals surface area contributed by atoms with E-state index in [-0.39, 0.29) is 0 Å². The van der Waals surface area contributed by atoms with E-state index in [2.05, 4.69) is 18.2 Å². The molecule has 0 saturated heterocycles. The molecule has 0 saturated carbocycles. The summed E-state index contributed by atoms with van der Waals surface area (Å²) in [4.78, 5) is 2.73. The minimum Gasteiger partial charge on any atom is -0.377 e. The van der Waals surface area contributed by atoms with Crippen molar-refractivity contribution in [3.8, 4) is 0 Å². The molecule has 1 aliphatic heterocycles. The molecule has 19 heavy (non-hydrogen) atoms. The standard InChI is InChI=1S/C12H18O3S3Si/c1-13-19(14-2,15-3)8-4-5-10-6-7-11-9-12(10)17-18-16-11/h6-7,9H,4-5,8H2,1-3H3. The van der Waals surface area contributed by atoms with E-state index < -0.39 is 8.80 Å². The first-order valence-electron chi connectivity index (χ1n) is 6.02. The lowest BCUT2D eigenvalue weighted by Gasteiger charge is -2.24. The Labute approximate surface area is 127 Å². The minimum atomic E-state index is -2.41. The van der Waals surface area contributed by atoms with Gasteiger partial charge in [-0.2, -0.15) is 0 Å². The van der Waals surface area contributed by atoms with Gasteiger partial charge in [0.15, 0.2) is 0 Å². The number of aryl methyl sites for hydroxylation is 1. The van der Waals surface area contributed by atoms with Gasteiger partial charge in [-0.3, -0.25) is 0 Å². The van der Waals surface area contributed by atoms with Gasteiger partial charge in [-0.25, -0.2) is 0 Å². The van der Waals surface area contributed by atoms with Crippen molar-refractivity contribution in [2.24, 2.45) is 0 Å². The number of hydrogen-bond acceptors (Lipinski definition) is 6. The second-order valence-electron chi connectivity index (χ2n) is 4.15. The number of hydrogen-bond donors (Lipinski definition) is 0. The maximum atomic E-state index is 5.44. The molecule has 0 amide bonds. The molecule has 0 radical (unpaired) electrons. The molecule has 1 aliphatic rings. The zero-order chi connectivity index (χ0) is 13.7. The monoisotopic (exact) mass is 334 g/mol. The molecule has 0 N–H and O–H groups in total. The Balaban J connectivity index is 1.93. The molecular weight excluding hydrogens is 316 g/mol. The molecule has 0 fully saturated rings. The van der Waals surface area contributed by atoms with Crippen molar-refractivity contribution < 1.29 is 13.3 Å². The van der Waals surface area contributed by atoms with Gasteiger partial charge >= 0.3 is 8.80 Å². The largest absolute Gasteiger partial charge is 0.500 e. The van der Waals surface area contributed by atoms with Gasteiger partial charge in [0.25, 0.3) is 0 Å². The first-order valence-corrected chi connectivity index (χ1v) is 11.4. The van der Waals surface area contributed by atoms with Crippen LogP contribution in [0.3, 0.4) is 0 Å². The summed E-state index contributed by atoms with van der Waals surface area (Å²) in [6, 6.07) is 7.56. The third-order valence-corrected chi connectivity index (χ3v) is 9.88. The quantitative estimate of drug-likeness (QED) is 0.546. The van der Waals surface area contributed by atoms with Crippen molar-refractivity contribution in [2.45, 2.75) is 28.7 Å². The van der Waals surface area contributed by atoms with Gasteiger partial charge in [0.2, 0.25) is 0 Å². The van der Waals surface area contributed by atoms with Crippen LogP contribution in [0.1, 0.15) is 12.0 Å². The van der Waals surface area contributed by atoms with Crippen molar-refractivity contribution in [3.63, 3.8) is 0 Å². The zero-order valence-electron chi connectivity index (χ0n) is 11.3. The molecule has 2 bridgehead atoms. The summed E-state index contributed by atoms with van der Waals surface area (Å²) in [5.74, 6) is 0. The molecule has 1 heterocycles. The summed E-state index contributed by atoms with van der Waals surface area (Å²) in [5.41, 5.74) is 1.41. The van der Waals surface area contributed by atoms with Gasteiger partial charge in [-0.15, -0.1) is 0 Å². The van der Waals surface area contributed by atoms with Crippen LogP contribution in [0.15, 0.2) is 28.0 Å². The highest BCUT2D eigenvalue weighted by Crippen LogP contribution is 2.51. The average Bonchev–Trinajstić information content (AvgIpc) is 2.47. The molecule has 1 aromatic rings. The van der Waals surface area contributed by atoms with E-state index in [9.17, 15) is 0 Å². The van der Waals surface area contributed by atoms with E-state index >= 15 is 0 Å². The van der Waals surface area contributed by atoms with Crippen molar-refractivity contribution in [1.82, 2.24) is 0 Å². The fourth-order valence-electron chi connectivity index (χ4n) is 2.02. The summed E-state index contributed by atoms with van der Waals surface area (Å²) < 4.78 is 16.3. The van der Waals surface area contributed by atoms with Crippen molar-refractivity contribution >= 4 is 40.2 Å². The molecule has 0 spiro atoms. The van der Waals surface area contributed by atoms with Gasteiger partial charge < -0.3 is 13.3 Å². The van der Waals surface area contributed by atoms with Gasteiger partial charge in [-0.1, -0.05) is 6.07 Å². The maximum Gasteiger partial charge on any atom is 0.500 e. The molecule has 2 rings (SSSR count). The Kier molecular flexibility index (Phi) is 6.13. The van der Waals surface area contributed by atoms with Crippen LogP contribution >= 0.6 is 31.4 Å². The van der Waals surface area contributed by atoms with Crippen LogP contribution in [0.25, 0.3) is 0 Å². The van der Waals surface area contributed by atoms with E-state index in [4.69, 9.17) is 13.3 Å². The molecule has 7 heteroatoms. The Morgan fingerprint density at radius 3 is 2.47 bits per heavy atom. The van der Waals surface area contributed by atoms with E-state index in [0.717, 1.165) is 18.9 Å². The summed E-state index contributed by atoms with van der Waals surface area (Å²) in [6.45, 7) is 0. The second kappa shape index (κ2) is 7.40. The lowest BCUT2D eigenvalue weighted by Crippen LogP contribution is -2.42. The smallest absolute Gasteiger partial charge is 0.377 e. The first-order chi connectivity index (χ1) is 9.23. The predicted molar refractivity (Wildman–Crippen MR) is 85.7 cm³/mol. The highest BCUT2D eigenvalue weighted by atomic mass is 33.5. The Morgan fingerprint density at radius 1 is 1.05 bits per heavy atom. The summed E-state index contributed by atoms with van der Waals surface area (Å²) in [6.07, 6.45) is 2.06. The second-order valence-corrected chi connectivity index (χ2v) is 11.3. The molecule has 0 aliphatic carbocycles. The van der Waals surface area contributed by atoms with Crippen LogP contribution in [0.2, 0.25) is 6.04 Å². The zero-order valence-corrected chi connectivity index (χ0v) is 14.8. The highest BCUT2D eigenvalue weighted by molar-refractivity contribution is 9.09. The van der Waals surface area contributed by atoms with Crippen LogP contribution in [0.5, 0.6) is 0 Å². The van der Waals surface area contributed by atoms with Crippen molar-refractivity contribution in [1.29, 1.82) is 0 Å². The summed E-state index contributed by atoms with van der Waals surface area (Å²) >= 11 is 0. The van der Waals surface area contributed by atoms with Crippen molar-refractivity contribution in [3.05, 3.63) is 23.8 Å². The van der Waals surface area contributed by atoms with Crippen LogP contribution in [-0.4, -0.2) is 30.1 Å². The topological polar surface area (TPSA) is 27.7 Å². The average molecular weight is 335 g/mol. The third-order valence-electron chi connectivity index (χ3n) is 3.15. The third kappa shape index (κ3) is 3.93. The molecule has 106 valence electrons. The molecule has 0 atom stereocenters. The first kappa shape index (κ1) is 15.8. The van der Waals surface area contributed by atoms with Gasteiger partial charge in [0, 0.05) is 37.2 Å². The number of rotatable bonds is 7. The van der Waals surface area contributed by atoms with Gasteiger partial charge in [-0.05, 0) is 62.0 Å². The summed E-state index contributed by atoms with van der Waals surface area (Å²) in [5, 5.41) is 0. The Morgan fingerprint density at radius 2 is 1.79 bits per heavy atom. The molecular formula is C12H18O3S3Si. The minimum absolute atomic E-state index is 0.851. The molecule has 3 nitrogen and oxygen atoms in total. The number of fused-ring (bicyclic) bond motifs is 2. The van der Waals surface area contributed by atoms with Crippen LogP contribution in [0.4, 0.5) is 0 Å². The summed E-state index contributed by atoms with van der Waals surface area (Å²) in [7, 11) is 8.10. The maximum absolute atomic E-state index is 5.44. The van der Waals surface area contributed by atoms with Crippen LogP contribution in [-0.2, 0) is 19.7 Å². The fourth-order valence-corrected chi connectivity index (χ4v) is 7.75. The SMILES string of the molecule is CO[Si](CCCc1ccc2cc1SSS2)(OC)OC. The number of benzene rings is 1. The predicted octanol–water partition coefficient (Wildman–Crippen LogP) is 4.26.